The number of aryl methyl sites for hydroxylation is 1. The molecule has 1 aliphatic heterocycles. The number of aromatic nitrogens is 3. The highest BCUT2D eigenvalue weighted by Gasteiger charge is 2.23. The number of pyridine rings is 1. The molecule has 28 heavy (non-hydrogen) atoms. The Hall–Kier alpha value is -3.48. The van der Waals surface area contributed by atoms with Crippen molar-refractivity contribution >= 4 is 23.4 Å². The van der Waals surface area contributed by atoms with E-state index in [1.807, 2.05) is 48.2 Å². The van der Waals surface area contributed by atoms with E-state index in [4.69, 9.17) is 0 Å². The number of piperazine rings is 1. The van der Waals surface area contributed by atoms with Crippen molar-refractivity contribution < 1.29 is 4.79 Å². The Morgan fingerprint density at radius 3 is 2.36 bits per heavy atom. The maximum atomic E-state index is 12.8. The third-order valence-corrected chi connectivity index (χ3v) is 4.82. The van der Waals surface area contributed by atoms with Gasteiger partial charge in [0.05, 0.1) is 5.56 Å². The minimum Gasteiger partial charge on any atom is -0.340 e. The number of amides is 1. The summed E-state index contributed by atoms with van der Waals surface area (Å²) in [7, 11) is 0. The number of para-hydroxylation sites is 1. The van der Waals surface area contributed by atoms with Crippen molar-refractivity contribution in [1.29, 1.82) is 0 Å². The minimum absolute atomic E-state index is 0.00331. The molecule has 1 N–H and O–H groups in total. The first-order valence-corrected chi connectivity index (χ1v) is 9.31. The maximum Gasteiger partial charge on any atom is 0.255 e. The van der Waals surface area contributed by atoms with Crippen molar-refractivity contribution in [2.24, 2.45) is 0 Å². The standard InChI is InChI=1S/C21H22N6O/c1-16-5-2-3-6-18(16)25-19-8-7-17(15-24-19)20(28)26-11-13-27(14-12-26)21-22-9-4-10-23-21/h2-10,15H,11-14H2,1H3,(H,24,25). The molecule has 1 aliphatic rings. The van der Waals surface area contributed by atoms with Crippen LogP contribution in [0.25, 0.3) is 0 Å². The van der Waals surface area contributed by atoms with Crippen molar-refractivity contribution in [1.82, 2.24) is 19.9 Å². The average Bonchev–Trinajstić information content (AvgIpc) is 2.76. The van der Waals surface area contributed by atoms with Crippen molar-refractivity contribution in [2.45, 2.75) is 6.92 Å². The van der Waals surface area contributed by atoms with E-state index >= 15 is 0 Å². The lowest BCUT2D eigenvalue weighted by atomic mass is 10.2. The van der Waals surface area contributed by atoms with E-state index < -0.39 is 0 Å². The summed E-state index contributed by atoms with van der Waals surface area (Å²) in [4.78, 5) is 29.7. The van der Waals surface area contributed by atoms with Gasteiger partial charge in [-0.05, 0) is 36.8 Å². The zero-order valence-corrected chi connectivity index (χ0v) is 15.7. The first kappa shape index (κ1) is 17.9. The van der Waals surface area contributed by atoms with Gasteiger partial charge in [-0.15, -0.1) is 0 Å². The van der Waals surface area contributed by atoms with Crippen LogP contribution < -0.4 is 10.2 Å². The Bertz CT molecular complexity index is 937. The summed E-state index contributed by atoms with van der Waals surface area (Å²) in [5, 5.41) is 3.29. The second kappa shape index (κ2) is 8.04. The molecule has 7 heteroatoms. The van der Waals surface area contributed by atoms with Gasteiger partial charge in [0.25, 0.3) is 5.91 Å². The smallest absolute Gasteiger partial charge is 0.255 e. The maximum absolute atomic E-state index is 12.8. The highest BCUT2D eigenvalue weighted by atomic mass is 16.2. The molecule has 4 rings (SSSR count). The SMILES string of the molecule is Cc1ccccc1Nc1ccc(C(=O)N2CCN(c3ncccn3)CC2)cn1. The van der Waals surface area contributed by atoms with Crippen LogP contribution in [0.5, 0.6) is 0 Å². The van der Waals surface area contributed by atoms with Crippen LogP contribution in [-0.4, -0.2) is 51.9 Å². The summed E-state index contributed by atoms with van der Waals surface area (Å²) in [5.41, 5.74) is 2.75. The third-order valence-electron chi connectivity index (χ3n) is 4.82. The molecule has 142 valence electrons. The highest BCUT2D eigenvalue weighted by molar-refractivity contribution is 5.94. The number of carbonyl (C=O) groups excluding carboxylic acids is 1. The van der Waals surface area contributed by atoms with Gasteiger partial charge >= 0.3 is 0 Å². The van der Waals surface area contributed by atoms with Gasteiger partial charge in [0.2, 0.25) is 5.95 Å². The van der Waals surface area contributed by atoms with Crippen molar-refractivity contribution in [3.05, 3.63) is 72.2 Å². The summed E-state index contributed by atoms with van der Waals surface area (Å²) in [6, 6.07) is 13.5. The zero-order chi connectivity index (χ0) is 19.3. The zero-order valence-electron chi connectivity index (χ0n) is 15.7. The Balaban J connectivity index is 1.37. The molecule has 0 radical (unpaired) electrons. The van der Waals surface area contributed by atoms with Crippen LogP contribution in [0, 0.1) is 6.92 Å². The van der Waals surface area contributed by atoms with Crippen LogP contribution in [0.1, 0.15) is 15.9 Å². The lowest BCUT2D eigenvalue weighted by Crippen LogP contribution is -2.49. The van der Waals surface area contributed by atoms with E-state index in [9.17, 15) is 4.79 Å². The number of nitrogens with zero attached hydrogens (tertiary/aromatic N) is 5. The van der Waals surface area contributed by atoms with E-state index in [2.05, 4.69) is 25.2 Å². The van der Waals surface area contributed by atoms with Crippen LogP contribution in [0.2, 0.25) is 0 Å². The first-order chi connectivity index (χ1) is 13.7. The topological polar surface area (TPSA) is 74.2 Å². The van der Waals surface area contributed by atoms with Crippen molar-refractivity contribution in [3.8, 4) is 0 Å². The fourth-order valence-corrected chi connectivity index (χ4v) is 3.19. The third kappa shape index (κ3) is 3.93. The monoisotopic (exact) mass is 374 g/mol. The van der Waals surface area contributed by atoms with Crippen LogP contribution >= 0.6 is 0 Å². The van der Waals surface area contributed by atoms with Crippen LogP contribution in [0.15, 0.2) is 61.1 Å². The average molecular weight is 374 g/mol. The van der Waals surface area contributed by atoms with Crippen LogP contribution in [-0.2, 0) is 0 Å². The molecule has 1 saturated heterocycles. The lowest BCUT2D eigenvalue weighted by molar-refractivity contribution is 0.0746. The summed E-state index contributed by atoms with van der Waals surface area (Å²) in [5.74, 6) is 1.43. The van der Waals surface area contributed by atoms with Crippen molar-refractivity contribution in [3.63, 3.8) is 0 Å². The number of benzene rings is 1. The van der Waals surface area contributed by atoms with E-state index in [1.54, 1.807) is 24.7 Å². The Labute approximate surface area is 164 Å². The molecule has 2 aromatic heterocycles. The molecular formula is C21H22N6O. The van der Waals surface area contributed by atoms with E-state index in [0.29, 0.717) is 24.6 Å². The molecular weight excluding hydrogens is 352 g/mol. The lowest BCUT2D eigenvalue weighted by Gasteiger charge is -2.34. The molecule has 0 unspecified atom stereocenters. The Morgan fingerprint density at radius 1 is 0.929 bits per heavy atom. The molecule has 1 amide bonds. The van der Waals surface area contributed by atoms with Gasteiger partial charge in [-0.1, -0.05) is 18.2 Å². The molecule has 1 fully saturated rings. The normalized spacial score (nSPS) is 14.0. The molecule has 0 saturated carbocycles. The van der Waals surface area contributed by atoms with E-state index in [1.165, 1.54) is 0 Å². The highest BCUT2D eigenvalue weighted by Crippen LogP contribution is 2.19. The second-order valence-electron chi connectivity index (χ2n) is 6.70. The van der Waals surface area contributed by atoms with Gasteiger partial charge in [0.1, 0.15) is 5.82 Å². The quantitative estimate of drug-likeness (QED) is 0.757. The fourth-order valence-electron chi connectivity index (χ4n) is 3.19. The van der Waals surface area contributed by atoms with Gasteiger partial charge < -0.3 is 15.1 Å². The summed E-state index contributed by atoms with van der Waals surface area (Å²) in [6.45, 7) is 4.76. The van der Waals surface area contributed by atoms with Crippen molar-refractivity contribution in [2.75, 3.05) is 36.4 Å². The number of rotatable bonds is 4. The minimum atomic E-state index is 0.00331. The first-order valence-electron chi connectivity index (χ1n) is 9.31. The van der Waals surface area contributed by atoms with Crippen LogP contribution in [0.3, 0.4) is 0 Å². The summed E-state index contributed by atoms with van der Waals surface area (Å²) < 4.78 is 0. The van der Waals surface area contributed by atoms with Gasteiger partial charge in [-0.2, -0.15) is 0 Å². The molecule has 3 aromatic rings. The Kier molecular flexibility index (Phi) is 5.14. The largest absolute Gasteiger partial charge is 0.340 e. The number of carbonyl (C=O) groups is 1. The molecule has 3 heterocycles. The van der Waals surface area contributed by atoms with Gasteiger partial charge in [0, 0.05) is 50.5 Å². The number of nitrogens with one attached hydrogen (secondary N) is 1. The number of hydrogen-bond acceptors (Lipinski definition) is 6. The number of hydrogen-bond donors (Lipinski definition) is 1. The molecule has 0 bridgehead atoms. The molecule has 1 aromatic carbocycles. The molecule has 0 atom stereocenters. The predicted molar refractivity (Wildman–Crippen MR) is 109 cm³/mol. The number of anilines is 3. The van der Waals surface area contributed by atoms with E-state index in [-0.39, 0.29) is 5.91 Å². The molecule has 0 aliphatic carbocycles. The van der Waals surface area contributed by atoms with Gasteiger partial charge in [-0.3, -0.25) is 4.79 Å². The summed E-state index contributed by atoms with van der Waals surface area (Å²) in [6.07, 6.45) is 5.10. The van der Waals surface area contributed by atoms with E-state index in [0.717, 1.165) is 30.2 Å². The molecule has 7 nitrogen and oxygen atoms in total. The molecule has 0 spiro atoms. The fraction of sp³-hybridized carbons (Fsp3) is 0.238. The van der Waals surface area contributed by atoms with Crippen LogP contribution in [0.4, 0.5) is 17.5 Å². The predicted octanol–water partition coefficient (Wildman–Crippen LogP) is 2.89. The second-order valence-corrected chi connectivity index (χ2v) is 6.70. The van der Waals surface area contributed by atoms with Gasteiger partial charge in [-0.25, -0.2) is 15.0 Å². The Morgan fingerprint density at radius 2 is 1.68 bits per heavy atom. The summed E-state index contributed by atoms with van der Waals surface area (Å²) >= 11 is 0. The van der Waals surface area contributed by atoms with Gasteiger partial charge in [0.15, 0.2) is 0 Å².